The molecule has 1 saturated carbocycles. The van der Waals surface area contributed by atoms with Crippen molar-refractivity contribution in [3.63, 3.8) is 0 Å². The summed E-state index contributed by atoms with van der Waals surface area (Å²) in [6.07, 6.45) is 7.89. The van der Waals surface area contributed by atoms with E-state index in [0.29, 0.717) is 13.2 Å². The van der Waals surface area contributed by atoms with E-state index < -0.39 is 17.2 Å². The molecule has 18 heavy (non-hydrogen) atoms. The minimum absolute atomic E-state index is 0.236. The van der Waals surface area contributed by atoms with Crippen LogP contribution in [-0.4, -0.2) is 30.4 Å². The van der Waals surface area contributed by atoms with Gasteiger partial charge < -0.3 is 14.8 Å². The van der Waals surface area contributed by atoms with Crippen molar-refractivity contribution < 1.29 is 14.3 Å². The second-order valence-electron chi connectivity index (χ2n) is 6.24. The van der Waals surface area contributed by atoms with Crippen LogP contribution in [0, 0.1) is 17.8 Å². The highest BCUT2D eigenvalue weighted by atomic mass is 16.6. The van der Waals surface area contributed by atoms with E-state index in [1.807, 2.05) is 20.8 Å². The molecule has 1 saturated heterocycles. The van der Waals surface area contributed by atoms with Crippen LogP contribution in [0.3, 0.4) is 0 Å². The van der Waals surface area contributed by atoms with Gasteiger partial charge in [0.2, 0.25) is 0 Å². The summed E-state index contributed by atoms with van der Waals surface area (Å²) in [5.74, 6) is 2.85. The molecular formula is C14H21NO3. The first-order valence-corrected chi connectivity index (χ1v) is 6.39. The van der Waals surface area contributed by atoms with Crippen molar-refractivity contribution in [1.29, 1.82) is 0 Å². The summed E-state index contributed by atoms with van der Waals surface area (Å²) in [7, 11) is 0. The van der Waals surface area contributed by atoms with E-state index in [1.54, 1.807) is 0 Å². The molecule has 1 N–H and O–H groups in total. The highest BCUT2D eigenvalue weighted by Gasteiger charge is 2.61. The number of ether oxygens (including phenoxy) is 2. The van der Waals surface area contributed by atoms with Gasteiger partial charge in [-0.3, -0.25) is 0 Å². The zero-order valence-electron chi connectivity index (χ0n) is 11.3. The lowest BCUT2D eigenvalue weighted by molar-refractivity contribution is 0.0394. The summed E-state index contributed by atoms with van der Waals surface area (Å²) in [5, 5.41) is 2.97. The van der Waals surface area contributed by atoms with Crippen molar-refractivity contribution in [3.05, 3.63) is 0 Å². The van der Waals surface area contributed by atoms with E-state index in [4.69, 9.17) is 15.9 Å². The van der Waals surface area contributed by atoms with Gasteiger partial charge in [0, 0.05) is 6.61 Å². The Morgan fingerprint density at radius 3 is 2.44 bits per heavy atom. The van der Waals surface area contributed by atoms with Crippen LogP contribution in [0.25, 0.3) is 0 Å². The molecule has 0 aromatic carbocycles. The number of hydrogen-bond acceptors (Lipinski definition) is 3. The lowest BCUT2D eigenvalue weighted by atomic mass is 9.80. The molecule has 1 atom stereocenters. The third-order valence-electron chi connectivity index (χ3n) is 3.70. The number of amides is 1. The number of rotatable bonds is 2. The van der Waals surface area contributed by atoms with Gasteiger partial charge in [-0.2, -0.15) is 0 Å². The molecule has 4 nitrogen and oxygen atoms in total. The maximum atomic E-state index is 12.0. The Bertz CT molecular complexity index is 379. The molecule has 0 spiro atoms. The number of nitrogens with one attached hydrogen (secondary N) is 1. The molecule has 1 aliphatic heterocycles. The fourth-order valence-corrected chi connectivity index (χ4v) is 2.55. The van der Waals surface area contributed by atoms with E-state index in [0.717, 1.165) is 19.3 Å². The number of carbonyl (C=O) groups excluding carboxylic acids is 1. The number of terminal acetylenes is 1. The van der Waals surface area contributed by atoms with Crippen molar-refractivity contribution in [2.75, 3.05) is 13.2 Å². The van der Waals surface area contributed by atoms with Gasteiger partial charge in [0.05, 0.1) is 17.6 Å². The minimum Gasteiger partial charge on any atom is -0.444 e. The van der Waals surface area contributed by atoms with Crippen LogP contribution in [0.5, 0.6) is 0 Å². The second kappa shape index (κ2) is 4.17. The van der Waals surface area contributed by atoms with Crippen molar-refractivity contribution in [1.82, 2.24) is 5.32 Å². The van der Waals surface area contributed by atoms with Crippen molar-refractivity contribution in [2.45, 2.75) is 51.2 Å². The fraction of sp³-hybridized carbons (Fsp3) is 0.786. The van der Waals surface area contributed by atoms with E-state index >= 15 is 0 Å². The molecular weight excluding hydrogens is 230 g/mol. The van der Waals surface area contributed by atoms with Crippen LogP contribution < -0.4 is 5.32 Å². The quantitative estimate of drug-likeness (QED) is 0.764. The minimum atomic E-state index is -0.502. The Labute approximate surface area is 108 Å². The molecule has 0 aromatic rings. The van der Waals surface area contributed by atoms with Crippen LogP contribution >= 0.6 is 0 Å². The maximum absolute atomic E-state index is 12.0. The number of carbonyl (C=O) groups is 1. The van der Waals surface area contributed by atoms with E-state index in [-0.39, 0.29) is 5.41 Å². The van der Waals surface area contributed by atoms with Crippen molar-refractivity contribution >= 4 is 6.09 Å². The van der Waals surface area contributed by atoms with Gasteiger partial charge in [0.25, 0.3) is 0 Å². The van der Waals surface area contributed by atoms with Gasteiger partial charge in [-0.15, -0.1) is 6.42 Å². The molecule has 4 heteroatoms. The molecule has 2 aliphatic rings. The van der Waals surface area contributed by atoms with Crippen LogP contribution in [0.1, 0.15) is 40.0 Å². The summed E-state index contributed by atoms with van der Waals surface area (Å²) in [5.41, 5.74) is -1.18. The average Bonchev–Trinajstić information content (AvgIpc) is 2.92. The highest BCUT2D eigenvalue weighted by Crippen LogP contribution is 2.56. The Morgan fingerprint density at radius 2 is 2.06 bits per heavy atom. The molecule has 100 valence electrons. The molecule has 1 amide bonds. The third-order valence-corrected chi connectivity index (χ3v) is 3.70. The van der Waals surface area contributed by atoms with Crippen LogP contribution in [0.2, 0.25) is 0 Å². The first-order valence-electron chi connectivity index (χ1n) is 6.39. The van der Waals surface area contributed by atoms with Gasteiger partial charge in [-0.1, -0.05) is 5.92 Å². The van der Waals surface area contributed by atoms with Gasteiger partial charge in [-0.05, 0) is 40.0 Å². The SMILES string of the molecule is C#CC1(C2(NC(=O)OC(C)(C)C)CCOC2)CC1. The highest BCUT2D eigenvalue weighted by molar-refractivity contribution is 5.69. The number of alkyl carbamates (subject to hydrolysis) is 1. The van der Waals surface area contributed by atoms with Crippen LogP contribution in [0.15, 0.2) is 0 Å². The lowest BCUT2D eigenvalue weighted by Crippen LogP contribution is -2.56. The Hall–Kier alpha value is -1.21. The molecule has 1 aliphatic carbocycles. The zero-order valence-corrected chi connectivity index (χ0v) is 11.3. The van der Waals surface area contributed by atoms with Gasteiger partial charge in [0.1, 0.15) is 5.60 Å². The first kappa shape index (κ1) is 13.2. The standard InChI is InChI=1S/C14H21NO3/c1-5-13(6-7-13)14(8-9-17-10-14)15-11(16)18-12(2,3)4/h1H,6-10H2,2-4H3,(H,15,16). The predicted molar refractivity (Wildman–Crippen MR) is 68.0 cm³/mol. The van der Waals surface area contributed by atoms with Crippen LogP contribution in [0.4, 0.5) is 4.79 Å². The van der Waals surface area contributed by atoms with E-state index in [2.05, 4.69) is 11.2 Å². The summed E-state index contributed by atoms with van der Waals surface area (Å²) in [4.78, 5) is 12.0. The molecule has 2 fully saturated rings. The Balaban J connectivity index is 2.09. The summed E-state index contributed by atoms with van der Waals surface area (Å²) >= 11 is 0. The molecule has 1 heterocycles. The van der Waals surface area contributed by atoms with Crippen molar-refractivity contribution in [3.8, 4) is 12.3 Å². The topological polar surface area (TPSA) is 47.6 Å². The van der Waals surface area contributed by atoms with Gasteiger partial charge in [0.15, 0.2) is 0 Å². The third kappa shape index (κ3) is 2.32. The first-order chi connectivity index (χ1) is 8.33. The lowest BCUT2D eigenvalue weighted by Gasteiger charge is -2.35. The summed E-state index contributed by atoms with van der Waals surface area (Å²) in [6, 6.07) is 0. The Morgan fingerprint density at radius 1 is 1.39 bits per heavy atom. The molecule has 0 radical (unpaired) electrons. The zero-order chi connectivity index (χ0) is 13.4. The molecule has 2 rings (SSSR count). The normalized spacial score (nSPS) is 29.4. The molecule has 0 aromatic heterocycles. The molecule has 0 bridgehead atoms. The second-order valence-corrected chi connectivity index (χ2v) is 6.24. The maximum Gasteiger partial charge on any atom is 0.408 e. The average molecular weight is 251 g/mol. The predicted octanol–water partition coefficient (Wildman–Crippen LogP) is 2.08. The fourth-order valence-electron chi connectivity index (χ4n) is 2.55. The van der Waals surface area contributed by atoms with Crippen molar-refractivity contribution in [2.24, 2.45) is 5.41 Å². The van der Waals surface area contributed by atoms with Gasteiger partial charge >= 0.3 is 6.09 Å². The molecule has 1 unspecified atom stereocenters. The summed E-state index contributed by atoms with van der Waals surface area (Å²) < 4.78 is 10.8. The van der Waals surface area contributed by atoms with E-state index in [1.165, 1.54) is 0 Å². The Kier molecular flexibility index (Phi) is 3.06. The van der Waals surface area contributed by atoms with Crippen LogP contribution in [-0.2, 0) is 9.47 Å². The monoisotopic (exact) mass is 251 g/mol. The smallest absolute Gasteiger partial charge is 0.408 e. The van der Waals surface area contributed by atoms with Gasteiger partial charge in [-0.25, -0.2) is 4.79 Å². The van der Waals surface area contributed by atoms with E-state index in [9.17, 15) is 4.79 Å². The summed E-state index contributed by atoms with van der Waals surface area (Å²) in [6.45, 7) is 6.66. The number of hydrogen-bond donors (Lipinski definition) is 1. The largest absolute Gasteiger partial charge is 0.444 e.